The van der Waals surface area contributed by atoms with Crippen molar-refractivity contribution in [3.63, 3.8) is 0 Å². The molecule has 2 rings (SSSR count). The average Bonchev–Trinajstić information content (AvgIpc) is 2.73. The molecule has 150 valence electrons. The molecule has 0 aliphatic heterocycles. The van der Waals surface area contributed by atoms with Gasteiger partial charge in [-0.2, -0.15) is 5.10 Å². The maximum absolute atomic E-state index is 12.8. The Balaban J connectivity index is 1.77. The Morgan fingerprint density at radius 2 is 1.72 bits per heavy atom. The van der Waals surface area contributed by atoms with Crippen molar-refractivity contribution >= 4 is 29.6 Å². The van der Waals surface area contributed by atoms with E-state index in [2.05, 4.69) is 27.7 Å². The van der Waals surface area contributed by atoms with E-state index < -0.39 is 17.6 Å². The van der Waals surface area contributed by atoms with Crippen LogP contribution in [0.4, 0.5) is 10.1 Å². The molecule has 0 bridgehead atoms. The first-order chi connectivity index (χ1) is 14.0. The van der Waals surface area contributed by atoms with Gasteiger partial charge in [-0.1, -0.05) is 6.08 Å². The maximum Gasteiger partial charge on any atom is 0.329 e. The van der Waals surface area contributed by atoms with Crippen LogP contribution in [0.25, 0.3) is 0 Å². The SMILES string of the molecule is C=CCNC(=O)C(=O)N/N=C\c1ccc(OCC(=O)Nc2ccc(F)cc2)cc1. The van der Waals surface area contributed by atoms with Crippen LogP contribution in [0.1, 0.15) is 5.56 Å². The molecule has 0 spiro atoms. The quantitative estimate of drug-likeness (QED) is 0.272. The number of halogens is 1. The van der Waals surface area contributed by atoms with Crippen molar-refractivity contribution in [1.82, 2.24) is 10.7 Å². The highest BCUT2D eigenvalue weighted by molar-refractivity contribution is 6.35. The number of carbonyl (C=O) groups is 3. The van der Waals surface area contributed by atoms with Crippen molar-refractivity contribution in [2.75, 3.05) is 18.5 Å². The average molecular weight is 398 g/mol. The molecule has 0 aliphatic rings. The van der Waals surface area contributed by atoms with Crippen molar-refractivity contribution in [3.8, 4) is 5.75 Å². The maximum atomic E-state index is 12.8. The molecule has 0 saturated carbocycles. The van der Waals surface area contributed by atoms with Crippen LogP contribution >= 0.6 is 0 Å². The van der Waals surface area contributed by atoms with Gasteiger partial charge in [0, 0.05) is 12.2 Å². The third kappa shape index (κ3) is 7.63. The number of rotatable bonds is 8. The molecule has 29 heavy (non-hydrogen) atoms. The highest BCUT2D eigenvalue weighted by Gasteiger charge is 2.10. The van der Waals surface area contributed by atoms with Gasteiger partial charge in [0.05, 0.1) is 6.21 Å². The van der Waals surface area contributed by atoms with E-state index in [-0.39, 0.29) is 19.1 Å². The lowest BCUT2D eigenvalue weighted by atomic mass is 10.2. The molecule has 2 aromatic rings. The zero-order valence-electron chi connectivity index (χ0n) is 15.4. The van der Waals surface area contributed by atoms with Crippen LogP contribution in [0.5, 0.6) is 5.75 Å². The van der Waals surface area contributed by atoms with E-state index in [4.69, 9.17) is 4.74 Å². The fourth-order valence-electron chi connectivity index (χ4n) is 1.99. The second-order valence-corrected chi connectivity index (χ2v) is 5.61. The molecule has 0 fully saturated rings. The van der Waals surface area contributed by atoms with Crippen molar-refractivity contribution in [1.29, 1.82) is 0 Å². The number of ether oxygens (including phenoxy) is 1. The van der Waals surface area contributed by atoms with Gasteiger partial charge in [-0.05, 0) is 54.1 Å². The number of carbonyl (C=O) groups excluding carboxylic acids is 3. The van der Waals surface area contributed by atoms with E-state index in [9.17, 15) is 18.8 Å². The summed E-state index contributed by atoms with van der Waals surface area (Å²) in [5.74, 6) is -2.04. The summed E-state index contributed by atoms with van der Waals surface area (Å²) in [6.45, 7) is 3.38. The molecule has 0 saturated heterocycles. The van der Waals surface area contributed by atoms with Crippen LogP contribution in [0.3, 0.4) is 0 Å². The number of nitrogens with zero attached hydrogens (tertiary/aromatic N) is 1. The summed E-state index contributed by atoms with van der Waals surface area (Å²) >= 11 is 0. The van der Waals surface area contributed by atoms with Crippen LogP contribution in [-0.2, 0) is 14.4 Å². The molecule has 2 aromatic carbocycles. The number of nitrogens with one attached hydrogen (secondary N) is 3. The molecule has 0 aromatic heterocycles. The van der Waals surface area contributed by atoms with Gasteiger partial charge < -0.3 is 15.4 Å². The van der Waals surface area contributed by atoms with Crippen LogP contribution in [0.2, 0.25) is 0 Å². The highest BCUT2D eigenvalue weighted by Crippen LogP contribution is 2.12. The lowest BCUT2D eigenvalue weighted by Crippen LogP contribution is -2.37. The zero-order chi connectivity index (χ0) is 21.1. The predicted molar refractivity (Wildman–Crippen MR) is 106 cm³/mol. The summed E-state index contributed by atoms with van der Waals surface area (Å²) in [7, 11) is 0. The Bertz CT molecular complexity index is 896. The fraction of sp³-hybridized carbons (Fsp3) is 0.100. The van der Waals surface area contributed by atoms with Gasteiger partial charge in [0.1, 0.15) is 11.6 Å². The van der Waals surface area contributed by atoms with Crippen molar-refractivity contribution < 1.29 is 23.5 Å². The minimum absolute atomic E-state index is 0.180. The number of benzene rings is 2. The van der Waals surface area contributed by atoms with Crippen molar-refractivity contribution in [2.24, 2.45) is 5.10 Å². The van der Waals surface area contributed by atoms with E-state index in [0.717, 1.165) is 0 Å². The van der Waals surface area contributed by atoms with Crippen LogP contribution in [0, 0.1) is 5.82 Å². The molecule has 8 nitrogen and oxygen atoms in total. The highest BCUT2D eigenvalue weighted by atomic mass is 19.1. The number of hydrogen-bond donors (Lipinski definition) is 3. The molecule has 0 heterocycles. The molecule has 0 aliphatic carbocycles. The Morgan fingerprint density at radius 1 is 1.03 bits per heavy atom. The van der Waals surface area contributed by atoms with Gasteiger partial charge in [0.15, 0.2) is 6.61 Å². The van der Waals surface area contributed by atoms with E-state index in [1.165, 1.54) is 36.6 Å². The molecule has 0 radical (unpaired) electrons. The largest absolute Gasteiger partial charge is 0.484 e. The summed E-state index contributed by atoms with van der Waals surface area (Å²) in [6, 6.07) is 11.9. The summed E-state index contributed by atoms with van der Waals surface area (Å²) in [5, 5.41) is 8.59. The van der Waals surface area contributed by atoms with Crippen LogP contribution in [-0.4, -0.2) is 37.1 Å². The van der Waals surface area contributed by atoms with E-state index in [1.807, 2.05) is 0 Å². The summed E-state index contributed by atoms with van der Waals surface area (Å²) in [4.78, 5) is 34.6. The minimum Gasteiger partial charge on any atom is -0.484 e. The fourth-order valence-corrected chi connectivity index (χ4v) is 1.99. The topological polar surface area (TPSA) is 109 Å². The van der Waals surface area contributed by atoms with Gasteiger partial charge in [0.25, 0.3) is 5.91 Å². The smallest absolute Gasteiger partial charge is 0.329 e. The van der Waals surface area contributed by atoms with E-state index in [1.54, 1.807) is 24.3 Å². The third-order valence-corrected chi connectivity index (χ3v) is 3.37. The Morgan fingerprint density at radius 3 is 2.38 bits per heavy atom. The molecular formula is C20H19FN4O4. The van der Waals surface area contributed by atoms with Crippen LogP contribution in [0.15, 0.2) is 66.3 Å². The normalized spacial score (nSPS) is 10.2. The monoisotopic (exact) mass is 398 g/mol. The second kappa shape index (κ2) is 11.0. The standard InChI is InChI=1S/C20H19FN4O4/c1-2-11-22-19(27)20(28)25-23-12-14-3-9-17(10-4-14)29-13-18(26)24-16-7-5-15(21)6-8-16/h2-10,12H,1,11,13H2,(H,22,27)(H,24,26)(H,25,28)/b23-12-. The molecule has 3 N–H and O–H groups in total. The van der Waals surface area contributed by atoms with Crippen molar-refractivity contribution in [3.05, 3.63) is 72.6 Å². The molecule has 0 atom stereocenters. The van der Waals surface area contributed by atoms with Gasteiger partial charge in [-0.25, -0.2) is 9.82 Å². The molecule has 9 heteroatoms. The Hall–Kier alpha value is -4.01. The summed E-state index contributed by atoms with van der Waals surface area (Å²) in [6.07, 6.45) is 2.80. The van der Waals surface area contributed by atoms with Gasteiger partial charge >= 0.3 is 11.8 Å². The predicted octanol–water partition coefficient (Wildman–Crippen LogP) is 1.60. The summed E-state index contributed by atoms with van der Waals surface area (Å²) in [5.41, 5.74) is 3.20. The van der Waals surface area contributed by atoms with Crippen LogP contribution < -0.4 is 20.8 Å². The molecular weight excluding hydrogens is 379 g/mol. The lowest BCUT2D eigenvalue weighted by molar-refractivity contribution is -0.139. The number of amides is 3. The Labute approximate surface area is 166 Å². The zero-order valence-corrected chi connectivity index (χ0v) is 15.4. The number of anilines is 1. The third-order valence-electron chi connectivity index (χ3n) is 3.37. The Kier molecular flexibility index (Phi) is 8.06. The molecule has 3 amide bonds. The second-order valence-electron chi connectivity index (χ2n) is 5.61. The minimum atomic E-state index is -0.893. The first-order valence-corrected chi connectivity index (χ1v) is 8.48. The van der Waals surface area contributed by atoms with E-state index in [0.29, 0.717) is 17.0 Å². The number of hydrogen-bond acceptors (Lipinski definition) is 5. The van der Waals surface area contributed by atoms with Gasteiger partial charge in [-0.15, -0.1) is 6.58 Å². The molecule has 0 unspecified atom stereocenters. The summed E-state index contributed by atoms with van der Waals surface area (Å²) < 4.78 is 18.2. The van der Waals surface area contributed by atoms with Gasteiger partial charge in [0.2, 0.25) is 0 Å². The first-order valence-electron chi connectivity index (χ1n) is 8.48. The van der Waals surface area contributed by atoms with Gasteiger partial charge in [-0.3, -0.25) is 14.4 Å². The lowest BCUT2D eigenvalue weighted by Gasteiger charge is -2.07. The van der Waals surface area contributed by atoms with E-state index >= 15 is 0 Å². The van der Waals surface area contributed by atoms with Crippen molar-refractivity contribution in [2.45, 2.75) is 0 Å². The first kappa shape index (κ1) is 21.3. The number of hydrazone groups is 1.